The third-order valence-electron chi connectivity index (χ3n) is 5.87. The molecule has 0 bridgehead atoms. The highest BCUT2D eigenvalue weighted by Gasteiger charge is 2.29. The number of hydrogen-bond donors (Lipinski definition) is 2. The van der Waals surface area contributed by atoms with E-state index in [-0.39, 0.29) is 18.1 Å². The van der Waals surface area contributed by atoms with Gasteiger partial charge in [0.2, 0.25) is 0 Å². The van der Waals surface area contributed by atoms with Gasteiger partial charge in [0.25, 0.3) is 5.91 Å². The number of nitrogens with zero attached hydrogens (tertiary/aromatic N) is 1. The quantitative estimate of drug-likeness (QED) is 0.479. The number of methoxy groups -OCH3 is 1. The zero-order valence-electron chi connectivity index (χ0n) is 20.6. The lowest BCUT2D eigenvalue weighted by atomic mass is 10.00. The monoisotopic (exact) mass is 476 g/mol. The largest absolute Gasteiger partial charge is 0.497 e. The predicted molar refractivity (Wildman–Crippen MR) is 136 cm³/mol. The van der Waals surface area contributed by atoms with Crippen molar-refractivity contribution in [3.63, 3.8) is 0 Å². The van der Waals surface area contributed by atoms with Gasteiger partial charge in [-0.3, -0.25) is 4.79 Å². The molecule has 1 aliphatic heterocycles. The SMILES string of the molecule is COc1ccc(N(C[C@H](O)c2cc(OCc3ccccc3)cc3c2OCC(=O)N3)C(C)(C)C)cc1. The van der Waals surface area contributed by atoms with Crippen LogP contribution in [0.5, 0.6) is 17.2 Å². The van der Waals surface area contributed by atoms with Crippen LogP contribution in [0.4, 0.5) is 11.4 Å². The molecule has 0 unspecified atom stereocenters. The minimum atomic E-state index is -0.902. The standard InChI is InChI=1S/C28H32N2O5/c1-28(2,3)30(20-10-12-21(33-4)13-11-20)16-25(31)23-14-22(34-17-19-8-6-5-7-9-19)15-24-27(23)35-18-26(32)29-24/h5-15,25,31H,16-18H2,1-4H3,(H,29,32)/t25-/m0/s1. The van der Waals surface area contributed by atoms with Crippen LogP contribution in [0.15, 0.2) is 66.7 Å². The lowest BCUT2D eigenvalue weighted by molar-refractivity contribution is -0.118. The summed E-state index contributed by atoms with van der Waals surface area (Å²) in [7, 11) is 1.63. The molecule has 1 amide bonds. The molecule has 0 saturated carbocycles. The van der Waals surface area contributed by atoms with Crippen molar-refractivity contribution in [2.75, 3.05) is 30.5 Å². The fourth-order valence-electron chi connectivity index (χ4n) is 4.07. The van der Waals surface area contributed by atoms with Crippen molar-refractivity contribution in [1.29, 1.82) is 0 Å². The van der Waals surface area contributed by atoms with Crippen LogP contribution in [-0.4, -0.2) is 36.8 Å². The number of carbonyl (C=O) groups excluding carboxylic acids is 1. The molecular weight excluding hydrogens is 444 g/mol. The van der Waals surface area contributed by atoms with E-state index in [1.807, 2.05) is 54.6 Å². The number of hydrogen-bond acceptors (Lipinski definition) is 6. The maximum absolute atomic E-state index is 12.0. The number of nitrogens with one attached hydrogen (secondary N) is 1. The van der Waals surface area contributed by atoms with Gasteiger partial charge in [0.15, 0.2) is 6.61 Å². The first-order chi connectivity index (χ1) is 16.7. The van der Waals surface area contributed by atoms with Crippen molar-refractivity contribution in [2.24, 2.45) is 0 Å². The lowest BCUT2D eigenvalue weighted by Gasteiger charge is -2.39. The molecule has 3 aromatic carbocycles. The Bertz CT molecular complexity index is 1160. The Morgan fingerprint density at radius 3 is 2.43 bits per heavy atom. The number of β-amino-alcohol motifs (C(OH)–C–C–N with tert-alkyl or cyclic N) is 1. The molecule has 0 saturated heterocycles. The summed E-state index contributed by atoms with van der Waals surface area (Å²) >= 11 is 0. The first kappa shape index (κ1) is 24.4. The zero-order valence-corrected chi connectivity index (χ0v) is 20.6. The van der Waals surface area contributed by atoms with Crippen molar-refractivity contribution in [3.8, 4) is 17.2 Å². The number of ether oxygens (including phenoxy) is 3. The summed E-state index contributed by atoms with van der Waals surface area (Å²) in [6.45, 7) is 6.85. The van der Waals surface area contributed by atoms with E-state index in [1.165, 1.54) is 0 Å². The number of amides is 1. The maximum atomic E-state index is 12.0. The molecule has 0 aliphatic carbocycles. The topological polar surface area (TPSA) is 80.3 Å². The summed E-state index contributed by atoms with van der Waals surface area (Å²) in [6.07, 6.45) is -0.902. The van der Waals surface area contributed by atoms with Crippen LogP contribution < -0.4 is 24.4 Å². The molecule has 7 nitrogen and oxygen atoms in total. The fourth-order valence-corrected chi connectivity index (χ4v) is 4.07. The van der Waals surface area contributed by atoms with Gasteiger partial charge in [-0.2, -0.15) is 0 Å². The first-order valence-electron chi connectivity index (χ1n) is 11.6. The average molecular weight is 477 g/mol. The van der Waals surface area contributed by atoms with Crippen molar-refractivity contribution < 1.29 is 24.1 Å². The highest BCUT2D eigenvalue weighted by atomic mass is 16.5. The Morgan fingerprint density at radius 1 is 1.06 bits per heavy atom. The smallest absolute Gasteiger partial charge is 0.262 e. The van der Waals surface area contributed by atoms with E-state index in [1.54, 1.807) is 19.2 Å². The van der Waals surface area contributed by atoms with Crippen LogP contribution in [-0.2, 0) is 11.4 Å². The van der Waals surface area contributed by atoms with E-state index < -0.39 is 6.10 Å². The molecule has 0 fully saturated rings. The number of aliphatic hydroxyl groups is 1. The first-order valence-corrected chi connectivity index (χ1v) is 11.6. The normalized spacial score (nSPS) is 13.8. The molecule has 1 atom stereocenters. The van der Waals surface area contributed by atoms with Gasteiger partial charge in [-0.05, 0) is 56.7 Å². The van der Waals surface area contributed by atoms with Crippen LogP contribution in [0, 0.1) is 0 Å². The van der Waals surface area contributed by atoms with Crippen LogP contribution >= 0.6 is 0 Å². The van der Waals surface area contributed by atoms with Gasteiger partial charge in [-0.25, -0.2) is 0 Å². The number of rotatable bonds is 8. The van der Waals surface area contributed by atoms with Gasteiger partial charge in [-0.15, -0.1) is 0 Å². The Kier molecular flexibility index (Phi) is 7.17. The van der Waals surface area contributed by atoms with Gasteiger partial charge in [0.1, 0.15) is 30.0 Å². The van der Waals surface area contributed by atoms with Gasteiger partial charge in [0, 0.05) is 29.4 Å². The van der Waals surface area contributed by atoms with Crippen molar-refractivity contribution in [1.82, 2.24) is 0 Å². The van der Waals surface area contributed by atoms with Crippen molar-refractivity contribution >= 4 is 17.3 Å². The molecule has 0 spiro atoms. The number of carbonyl (C=O) groups is 1. The number of anilines is 2. The molecule has 0 aromatic heterocycles. The van der Waals surface area contributed by atoms with E-state index in [9.17, 15) is 9.90 Å². The third-order valence-corrected chi connectivity index (χ3v) is 5.87. The molecule has 0 radical (unpaired) electrons. The summed E-state index contributed by atoms with van der Waals surface area (Å²) in [6, 6.07) is 21.1. The third kappa shape index (κ3) is 5.87. The minimum absolute atomic E-state index is 0.0988. The molecule has 4 rings (SSSR count). The van der Waals surface area contributed by atoms with Gasteiger partial charge in [0.05, 0.1) is 12.8 Å². The molecule has 7 heteroatoms. The molecule has 35 heavy (non-hydrogen) atoms. The summed E-state index contributed by atoms with van der Waals surface area (Å²) in [5.41, 5.74) is 2.76. The maximum Gasteiger partial charge on any atom is 0.262 e. The predicted octanol–water partition coefficient (Wildman–Crippen LogP) is 4.94. The summed E-state index contributed by atoms with van der Waals surface area (Å²) < 4.78 is 17.1. The highest BCUT2D eigenvalue weighted by molar-refractivity contribution is 5.96. The highest BCUT2D eigenvalue weighted by Crippen LogP contribution is 2.40. The van der Waals surface area contributed by atoms with Crippen LogP contribution in [0.1, 0.15) is 38.0 Å². The van der Waals surface area contributed by atoms with Gasteiger partial charge >= 0.3 is 0 Å². The Hall–Kier alpha value is -3.71. The van der Waals surface area contributed by atoms with Crippen LogP contribution in [0.3, 0.4) is 0 Å². The second-order valence-electron chi connectivity index (χ2n) is 9.50. The molecule has 3 aromatic rings. The zero-order chi connectivity index (χ0) is 25.0. The number of fused-ring (bicyclic) bond motifs is 1. The van der Waals surface area contributed by atoms with Crippen LogP contribution in [0.2, 0.25) is 0 Å². The van der Waals surface area contributed by atoms with Crippen LogP contribution in [0.25, 0.3) is 0 Å². The van der Waals surface area contributed by atoms with E-state index in [0.29, 0.717) is 35.9 Å². The number of aliphatic hydroxyl groups excluding tert-OH is 1. The molecule has 184 valence electrons. The van der Waals surface area contributed by atoms with E-state index in [4.69, 9.17) is 14.2 Å². The Labute approximate surface area is 206 Å². The molecular formula is C28H32N2O5. The average Bonchev–Trinajstić information content (AvgIpc) is 2.85. The molecule has 1 aliphatic rings. The lowest BCUT2D eigenvalue weighted by Crippen LogP contribution is -2.44. The van der Waals surface area contributed by atoms with E-state index in [0.717, 1.165) is 17.0 Å². The van der Waals surface area contributed by atoms with E-state index >= 15 is 0 Å². The second kappa shape index (κ2) is 10.3. The summed E-state index contributed by atoms with van der Waals surface area (Å²) in [5, 5.41) is 14.3. The second-order valence-corrected chi connectivity index (χ2v) is 9.50. The minimum Gasteiger partial charge on any atom is -0.497 e. The fraction of sp³-hybridized carbons (Fsp3) is 0.321. The van der Waals surface area contributed by atoms with E-state index in [2.05, 4.69) is 31.0 Å². The van der Waals surface area contributed by atoms with Crippen molar-refractivity contribution in [2.45, 2.75) is 39.0 Å². The van der Waals surface area contributed by atoms with Crippen molar-refractivity contribution in [3.05, 3.63) is 77.9 Å². The van der Waals surface area contributed by atoms with Gasteiger partial charge < -0.3 is 29.5 Å². The van der Waals surface area contributed by atoms with Gasteiger partial charge in [-0.1, -0.05) is 30.3 Å². The molecule has 1 heterocycles. The Balaban J connectivity index is 1.63. The summed E-state index contributed by atoms with van der Waals surface area (Å²) in [4.78, 5) is 14.1. The summed E-state index contributed by atoms with van der Waals surface area (Å²) in [5.74, 6) is 1.53. The Morgan fingerprint density at radius 2 is 1.77 bits per heavy atom. The number of benzene rings is 3. The molecule has 2 N–H and O–H groups in total.